The molecule has 8 heteroatoms. The molecule has 0 unspecified atom stereocenters. The monoisotopic (exact) mass is 466 g/mol. The van der Waals surface area contributed by atoms with Crippen LogP contribution in [0.4, 0.5) is 0 Å². The molecule has 0 spiro atoms. The summed E-state index contributed by atoms with van der Waals surface area (Å²) in [7, 11) is 1.99. The molecule has 1 N–H and O–H groups in total. The summed E-state index contributed by atoms with van der Waals surface area (Å²) in [4.78, 5) is 7.21. The Balaban J connectivity index is 0.00000288. The van der Waals surface area contributed by atoms with Gasteiger partial charge in [0.1, 0.15) is 12.4 Å². The van der Waals surface area contributed by atoms with Crippen LogP contribution in [-0.2, 0) is 13.6 Å². The molecule has 1 aliphatic rings. The molecule has 2 heterocycles. The van der Waals surface area contributed by atoms with E-state index in [4.69, 9.17) is 4.99 Å². The van der Waals surface area contributed by atoms with E-state index in [1.54, 1.807) is 0 Å². The van der Waals surface area contributed by atoms with E-state index in [-0.39, 0.29) is 28.7 Å². The zero-order valence-electron chi connectivity index (χ0n) is 15.5. The van der Waals surface area contributed by atoms with Crippen molar-refractivity contribution in [2.24, 2.45) is 12.0 Å². The standard InChI is InChI=1S/C16H30N6S.HI/c1-6-7-8-17-15(22-9-10-23-16(3,4)12-22)18-11-14-20-19-13(2)21(14)5;/h6-12H2,1-5H3,(H,17,18);1H. The number of halogens is 1. The van der Waals surface area contributed by atoms with Crippen LogP contribution in [0.5, 0.6) is 0 Å². The van der Waals surface area contributed by atoms with Gasteiger partial charge >= 0.3 is 0 Å². The molecular formula is C16H31IN6S. The van der Waals surface area contributed by atoms with Gasteiger partial charge in [-0.3, -0.25) is 0 Å². The fourth-order valence-corrected chi connectivity index (χ4v) is 3.69. The smallest absolute Gasteiger partial charge is 0.194 e. The van der Waals surface area contributed by atoms with Crippen molar-refractivity contribution < 1.29 is 0 Å². The molecule has 24 heavy (non-hydrogen) atoms. The van der Waals surface area contributed by atoms with Crippen LogP contribution < -0.4 is 5.32 Å². The summed E-state index contributed by atoms with van der Waals surface area (Å²) in [6, 6.07) is 0. The van der Waals surface area contributed by atoms with Crippen molar-refractivity contribution in [2.45, 2.75) is 51.8 Å². The fraction of sp³-hybridized carbons (Fsp3) is 0.812. The number of aliphatic imine (C=N–C) groups is 1. The van der Waals surface area contributed by atoms with Gasteiger partial charge in [-0.1, -0.05) is 13.3 Å². The van der Waals surface area contributed by atoms with Crippen molar-refractivity contribution in [3.05, 3.63) is 11.6 Å². The average Bonchev–Trinajstić information content (AvgIpc) is 2.81. The van der Waals surface area contributed by atoms with E-state index in [2.05, 4.69) is 41.2 Å². The summed E-state index contributed by atoms with van der Waals surface area (Å²) in [6.45, 7) is 12.4. The molecule has 1 aromatic heterocycles. The first kappa shape index (κ1) is 21.5. The van der Waals surface area contributed by atoms with Crippen molar-refractivity contribution in [3.63, 3.8) is 0 Å². The third-order valence-corrected chi connectivity index (χ3v) is 5.39. The predicted octanol–water partition coefficient (Wildman–Crippen LogP) is 2.81. The zero-order valence-corrected chi connectivity index (χ0v) is 18.6. The van der Waals surface area contributed by atoms with Gasteiger partial charge in [-0.05, 0) is 27.2 Å². The maximum atomic E-state index is 4.83. The molecular weight excluding hydrogens is 435 g/mol. The molecule has 1 aromatic rings. The number of nitrogens with one attached hydrogen (secondary N) is 1. The molecule has 0 aromatic carbocycles. The second-order valence-corrected chi connectivity index (χ2v) is 8.47. The summed E-state index contributed by atoms with van der Waals surface area (Å²) in [5, 5.41) is 11.9. The number of aryl methyl sites for hydroxylation is 1. The van der Waals surface area contributed by atoms with E-state index in [0.717, 1.165) is 49.4 Å². The molecule has 0 bridgehead atoms. The molecule has 138 valence electrons. The van der Waals surface area contributed by atoms with Crippen molar-refractivity contribution in [1.82, 2.24) is 25.0 Å². The van der Waals surface area contributed by atoms with Gasteiger partial charge in [-0.25, -0.2) is 4.99 Å². The van der Waals surface area contributed by atoms with Gasteiger partial charge in [-0.15, -0.1) is 34.2 Å². The van der Waals surface area contributed by atoms with Gasteiger partial charge in [0.05, 0.1) is 0 Å². The first-order valence-electron chi connectivity index (χ1n) is 8.45. The van der Waals surface area contributed by atoms with Crippen LogP contribution in [-0.4, -0.2) is 55.8 Å². The van der Waals surface area contributed by atoms with E-state index in [9.17, 15) is 0 Å². The highest BCUT2D eigenvalue weighted by Gasteiger charge is 2.28. The first-order chi connectivity index (χ1) is 10.9. The lowest BCUT2D eigenvalue weighted by atomic mass is 10.2. The number of hydrogen-bond acceptors (Lipinski definition) is 4. The highest BCUT2D eigenvalue weighted by Crippen LogP contribution is 2.29. The molecule has 0 amide bonds. The van der Waals surface area contributed by atoms with Gasteiger partial charge in [-0.2, -0.15) is 11.8 Å². The third kappa shape index (κ3) is 6.09. The van der Waals surface area contributed by atoms with E-state index in [1.165, 1.54) is 6.42 Å². The molecule has 1 saturated heterocycles. The Morgan fingerprint density at radius 2 is 2.12 bits per heavy atom. The minimum atomic E-state index is 0. The SMILES string of the molecule is CCCCNC(=NCc1nnc(C)n1C)N1CCSC(C)(C)C1.I. The number of hydrogen-bond donors (Lipinski definition) is 1. The number of nitrogens with zero attached hydrogens (tertiary/aromatic N) is 5. The van der Waals surface area contributed by atoms with E-state index in [0.29, 0.717) is 6.54 Å². The second kappa shape index (κ2) is 9.84. The van der Waals surface area contributed by atoms with Crippen molar-refractivity contribution in [2.75, 3.05) is 25.4 Å². The van der Waals surface area contributed by atoms with Crippen LogP contribution in [0.3, 0.4) is 0 Å². The Labute approximate surface area is 167 Å². The summed E-state index contributed by atoms with van der Waals surface area (Å²) in [6.07, 6.45) is 2.35. The predicted molar refractivity (Wildman–Crippen MR) is 113 cm³/mol. The largest absolute Gasteiger partial charge is 0.356 e. The van der Waals surface area contributed by atoms with E-state index in [1.807, 2.05) is 30.3 Å². The minimum Gasteiger partial charge on any atom is -0.356 e. The first-order valence-corrected chi connectivity index (χ1v) is 9.43. The minimum absolute atomic E-state index is 0. The van der Waals surface area contributed by atoms with Crippen LogP contribution in [0, 0.1) is 6.92 Å². The Hall–Kier alpha value is -0.510. The molecule has 1 fully saturated rings. The molecule has 0 atom stereocenters. The molecule has 0 saturated carbocycles. The highest BCUT2D eigenvalue weighted by molar-refractivity contribution is 14.0. The van der Waals surface area contributed by atoms with Crippen molar-refractivity contribution >= 4 is 41.7 Å². The van der Waals surface area contributed by atoms with Crippen LogP contribution in [0.1, 0.15) is 45.3 Å². The normalized spacial score (nSPS) is 17.5. The van der Waals surface area contributed by atoms with Gasteiger partial charge in [0.25, 0.3) is 0 Å². The highest BCUT2D eigenvalue weighted by atomic mass is 127. The number of rotatable bonds is 5. The lowest BCUT2D eigenvalue weighted by Crippen LogP contribution is -2.51. The van der Waals surface area contributed by atoms with Crippen LogP contribution in [0.2, 0.25) is 0 Å². The summed E-state index contributed by atoms with van der Waals surface area (Å²) in [5.74, 6) is 3.98. The van der Waals surface area contributed by atoms with E-state index < -0.39 is 0 Å². The topological polar surface area (TPSA) is 58.3 Å². The molecule has 6 nitrogen and oxygen atoms in total. The van der Waals surface area contributed by atoms with E-state index >= 15 is 0 Å². The van der Waals surface area contributed by atoms with Crippen LogP contribution in [0.25, 0.3) is 0 Å². The van der Waals surface area contributed by atoms with Gasteiger partial charge in [0.2, 0.25) is 0 Å². The third-order valence-electron chi connectivity index (χ3n) is 4.09. The molecule has 1 aliphatic heterocycles. The Bertz CT molecular complexity index is 543. The van der Waals surface area contributed by atoms with Crippen LogP contribution in [0.15, 0.2) is 4.99 Å². The van der Waals surface area contributed by atoms with Gasteiger partial charge in [0, 0.05) is 37.2 Å². The van der Waals surface area contributed by atoms with Crippen molar-refractivity contribution in [3.8, 4) is 0 Å². The average molecular weight is 466 g/mol. The van der Waals surface area contributed by atoms with Crippen molar-refractivity contribution in [1.29, 1.82) is 0 Å². The van der Waals surface area contributed by atoms with Gasteiger partial charge in [0.15, 0.2) is 11.8 Å². The molecule has 0 radical (unpaired) electrons. The summed E-state index contributed by atoms with van der Waals surface area (Å²) in [5.41, 5.74) is 0. The second-order valence-electron chi connectivity index (χ2n) is 6.67. The Morgan fingerprint density at radius 3 is 2.71 bits per heavy atom. The number of guanidine groups is 1. The molecule has 0 aliphatic carbocycles. The lowest BCUT2D eigenvalue weighted by molar-refractivity contribution is 0.374. The number of aromatic nitrogens is 3. The zero-order chi connectivity index (χ0) is 16.9. The summed E-state index contributed by atoms with van der Waals surface area (Å²) >= 11 is 2.04. The maximum absolute atomic E-state index is 4.83. The Kier molecular flexibility index (Phi) is 8.83. The maximum Gasteiger partial charge on any atom is 0.194 e. The van der Waals surface area contributed by atoms with Crippen LogP contribution >= 0.6 is 35.7 Å². The molecule has 2 rings (SSSR count). The fourth-order valence-electron chi connectivity index (χ4n) is 2.58. The lowest BCUT2D eigenvalue weighted by Gasteiger charge is -2.39. The number of thioether (sulfide) groups is 1. The number of unbranched alkanes of at least 4 members (excludes halogenated alkanes) is 1. The Morgan fingerprint density at radius 1 is 1.38 bits per heavy atom. The summed E-state index contributed by atoms with van der Waals surface area (Å²) < 4.78 is 2.27. The quantitative estimate of drug-likeness (QED) is 0.313. The van der Waals surface area contributed by atoms with Gasteiger partial charge < -0.3 is 14.8 Å².